The first-order valence-corrected chi connectivity index (χ1v) is 4.52. The average molecular weight is 251 g/mol. The Labute approximate surface area is 94.0 Å². The zero-order valence-electron chi connectivity index (χ0n) is 8.06. The van der Waals surface area contributed by atoms with Crippen molar-refractivity contribution in [2.24, 2.45) is 0 Å². The zero-order chi connectivity index (χ0) is 12.5. The van der Waals surface area contributed by atoms with Gasteiger partial charge >= 0.3 is 6.18 Å². The van der Waals surface area contributed by atoms with Gasteiger partial charge in [0.1, 0.15) is 6.29 Å². The van der Waals surface area contributed by atoms with Crippen LogP contribution in [0.15, 0.2) is 12.1 Å². The number of benzene rings is 1. The van der Waals surface area contributed by atoms with Gasteiger partial charge in [0.25, 0.3) is 5.24 Å². The van der Waals surface area contributed by atoms with E-state index >= 15 is 0 Å². The lowest BCUT2D eigenvalue weighted by molar-refractivity contribution is -0.137. The lowest BCUT2D eigenvalue weighted by Crippen LogP contribution is -2.12. The highest BCUT2D eigenvalue weighted by Gasteiger charge is 2.35. The van der Waals surface area contributed by atoms with Gasteiger partial charge in [-0.2, -0.15) is 13.2 Å². The van der Waals surface area contributed by atoms with E-state index in [4.69, 9.17) is 11.6 Å². The van der Waals surface area contributed by atoms with Crippen molar-refractivity contribution in [3.05, 3.63) is 34.4 Å². The van der Waals surface area contributed by atoms with Crippen LogP contribution in [-0.2, 0) is 6.18 Å². The summed E-state index contributed by atoms with van der Waals surface area (Å²) in [6.07, 6.45) is -4.42. The third-order valence-corrected chi connectivity index (χ3v) is 2.25. The number of carbonyl (C=O) groups is 2. The molecule has 0 N–H and O–H groups in total. The molecular formula is C10H6ClF3O2. The van der Waals surface area contributed by atoms with E-state index < -0.39 is 22.5 Å². The Bertz CT molecular complexity index is 452. The molecule has 6 heteroatoms. The third-order valence-electron chi connectivity index (χ3n) is 2.05. The fraction of sp³-hybridized carbons (Fsp3) is 0.200. The van der Waals surface area contributed by atoms with Crippen molar-refractivity contribution in [1.29, 1.82) is 0 Å². The molecular weight excluding hydrogens is 245 g/mol. The van der Waals surface area contributed by atoms with Gasteiger partial charge in [0.2, 0.25) is 0 Å². The molecule has 0 aliphatic carbocycles. The molecule has 16 heavy (non-hydrogen) atoms. The highest BCUT2D eigenvalue weighted by molar-refractivity contribution is 6.68. The molecule has 0 saturated heterocycles. The van der Waals surface area contributed by atoms with E-state index in [0.717, 1.165) is 6.07 Å². The van der Waals surface area contributed by atoms with E-state index in [9.17, 15) is 22.8 Å². The predicted molar refractivity (Wildman–Crippen MR) is 51.8 cm³/mol. The molecule has 0 fully saturated rings. The van der Waals surface area contributed by atoms with E-state index in [0.29, 0.717) is 12.4 Å². The lowest BCUT2D eigenvalue weighted by atomic mass is 10.00. The van der Waals surface area contributed by atoms with Gasteiger partial charge in [-0.05, 0) is 36.2 Å². The number of rotatable bonds is 2. The standard InChI is InChI=1S/C10H6ClF3O2/c1-5-2-7(9(11)16)8(10(12,13)14)3-6(5)4-15/h2-4H,1H3. The maximum Gasteiger partial charge on any atom is 0.417 e. The van der Waals surface area contributed by atoms with Crippen LogP contribution in [0.2, 0.25) is 0 Å². The van der Waals surface area contributed by atoms with Gasteiger partial charge in [0.05, 0.1) is 5.56 Å². The maximum absolute atomic E-state index is 12.5. The minimum absolute atomic E-state index is 0.117. The average Bonchev–Trinajstić information content (AvgIpc) is 2.15. The van der Waals surface area contributed by atoms with Crippen molar-refractivity contribution in [3.8, 4) is 0 Å². The quantitative estimate of drug-likeness (QED) is 0.597. The molecule has 0 aliphatic heterocycles. The van der Waals surface area contributed by atoms with E-state index in [1.165, 1.54) is 6.92 Å². The number of hydrogen-bond acceptors (Lipinski definition) is 2. The number of hydrogen-bond donors (Lipinski definition) is 0. The Morgan fingerprint density at radius 2 is 1.94 bits per heavy atom. The fourth-order valence-corrected chi connectivity index (χ4v) is 1.41. The van der Waals surface area contributed by atoms with Crippen LogP contribution in [-0.4, -0.2) is 11.5 Å². The molecule has 0 unspecified atom stereocenters. The van der Waals surface area contributed by atoms with Crippen LogP contribution in [0, 0.1) is 6.92 Å². The van der Waals surface area contributed by atoms with Crippen molar-refractivity contribution in [2.75, 3.05) is 0 Å². The molecule has 2 nitrogen and oxygen atoms in total. The van der Waals surface area contributed by atoms with Crippen molar-refractivity contribution in [1.82, 2.24) is 0 Å². The molecule has 0 saturated carbocycles. The summed E-state index contributed by atoms with van der Waals surface area (Å²) in [4.78, 5) is 21.3. The fourth-order valence-electron chi connectivity index (χ4n) is 1.25. The molecule has 1 aromatic rings. The topological polar surface area (TPSA) is 34.1 Å². The Balaban J connectivity index is 3.55. The second-order valence-corrected chi connectivity index (χ2v) is 3.49. The number of carbonyl (C=O) groups excluding carboxylic acids is 2. The van der Waals surface area contributed by atoms with Crippen molar-refractivity contribution < 1.29 is 22.8 Å². The second kappa shape index (κ2) is 4.25. The highest BCUT2D eigenvalue weighted by atomic mass is 35.5. The van der Waals surface area contributed by atoms with Gasteiger partial charge in [0.15, 0.2) is 0 Å². The molecule has 0 aliphatic rings. The Kier molecular flexibility index (Phi) is 3.38. The van der Waals surface area contributed by atoms with Crippen molar-refractivity contribution >= 4 is 23.1 Å². The Hall–Kier alpha value is -1.36. The van der Waals surface area contributed by atoms with Gasteiger partial charge < -0.3 is 0 Å². The van der Waals surface area contributed by atoms with E-state index in [2.05, 4.69) is 0 Å². The zero-order valence-corrected chi connectivity index (χ0v) is 8.82. The first-order chi connectivity index (χ1) is 7.27. The van der Waals surface area contributed by atoms with Gasteiger partial charge in [-0.1, -0.05) is 0 Å². The molecule has 86 valence electrons. The van der Waals surface area contributed by atoms with Gasteiger partial charge in [-0.3, -0.25) is 9.59 Å². The van der Waals surface area contributed by atoms with Crippen LogP contribution < -0.4 is 0 Å². The minimum atomic E-state index is -4.72. The second-order valence-electron chi connectivity index (χ2n) is 3.14. The molecule has 0 radical (unpaired) electrons. The number of aldehydes is 1. The minimum Gasteiger partial charge on any atom is -0.298 e. The van der Waals surface area contributed by atoms with Crippen LogP contribution in [0.3, 0.4) is 0 Å². The SMILES string of the molecule is Cc1cc(C(=O)Cl)c(C(F)(F)F)cc1C=O. The van der Waals surface area contributed by atoms with Gasteiger partial charge in [-0.25, -0.2) is 0 Å². The molecule has 0 heterocycles. The first-order valence-electron chi connectivity index (χ1n) is 4.14. The molecule has 0 aromatic heterocycles. The number of halogens is 4. The summed E-state index contributed by atoms with van der Waals surface area (Å²) in [5, 5.41) is -1.20. The van der Waals surface area contributed by atoms with Crippen molar-refractivity contribution in [3.63, 3.8) is 0 Å². The first kappa shape index (κ1) is 12.7. The lowest BCUT2D eigenvalue weighted by Gasteiger charge is -2.12. The summed E-state index contributed by atoms with van der Waals surface area (Å²) in [6, 6.07) is 1.58. The van der Waals surface area contributed by atoms with Gasteiger partial charge in [0, 0.05) is 11.1 Å². The summed E-state index contributed by atoms with van der Waals surface area (Å²) < 4.78 is 37.6. The van der Waals surface area contributed by atoms with Crippen molar-refractivity contribution in [2.45, 2.75) is 13.1 Å². The summed E-state index contributed by atoms with van der Waals surface area (Å²) in [5.74, 6) is 0. The number of aryl methyl sites for hydroxylation is 1. The van der Waals surface area contributed by atoms with Crippen LogP contribution >= 0.6 is 11.6 Å². The monoisotopic (exact) mass is 250 g/mol. The molecule has 0 amide bonds. The predicted octanol–water partition coefficient (Wildman–Crippen LogP) is 3.21. The highest BCUT2D eigenvalue weighted by Crippen LogP contribution is 2.34. The normalized spacial score (nSPS) is 11.3. The van der Waals surface area contributed by atoms with Crippen LogP contribution in [0.4, 0.5) is 13.2 Å². The molecule has 1 rings (SSSR count). The molecule has 0 spiro atoms. The Morgan fingerprint density at radius 3 is 2.31 bits per heavy atom. The molecule has 0 atom stereocenters. The van der Waals surface area contributed by atoms with E-state index in [1.54, 1.807) is 0 Å². The Morgan fingerprint density at radius 1 is 1.38 bits per heavy atom. The molecule has 1 aromatic carbocycles. The summed E-state index contributed by atoms with van der Waals surface area (Å²) in [6.45, 7) is 1.42. The summed E-state index contributed by atoms with van der Waals surface area (Å²) in [5.41, 5.74) is -1.68. The summed E-state index contributed by atoms with van der Waals surface area (Å²) in [7, 11) is 0. The number of alkyl halides is 3. The largest absolute Gasteiger partial charge is 0.417 e. The van der Waals surface area contributed by atoms with E-state index in [1.807, 2.05) is 0 Å². The van der Waals surface area contributed by atoms with Gasteiger partial charge in [-0.15, -0.1) is 0 Å². The van der Waals surface area contributed by atoms with E-state index in [-0.39, 0.29) is 11.1 Å². The van der Waals surface area contributed by atoms with Crippen LogP contribution in [0.25, 0.3) is 0 Å². The van der Waals surface area contributed by atoms with Crippen LogP contribution in [0.5, 0.6) is 0 Å². The maximum atomic E-state index is 12.5. The third kappa shape index (κ3) is 2.41. The van der Waals surface area contributed by atoms with Crippen LogP contribution in [0.1, 0.15) is 31.8 Å². The molecule has 0 bridgehead atoms. The summed E-state index contributed by atoms with van der Waals surface area (Å²) >= 11 is 5.05. The smallest absolute Gasteiger partial charge is 0.298 e.